The van der Waals surface area contributed by atoms with Crippen LogP contribution in [0.5, 0.6) is 0 Å². The maximum Gasteiger partial charge on any atom is 0.119 e. The predicted octanol–water partition coefficient (Wildman–Crippen LogP) is 2.38. The Kier molecular flexibility index (Phi) is 5.72. The van der Waals surface area contributed by atoms with Crippen LogP contribution >= 0.6 is 0 Å². The molecule has 1 fully saturated rings. The van der Waals surface area contributed by atoms with Crippen molar-refractivity contribution in [2.24, 2.45) is 0 Å². The molecule has 0 amide bonds. The third-order valence-corrected chi connectivity index (χ3v) is 2.59. The van der Waals surface area contributed by atoms with E-state index in [4.69, 9.17) is 9.47 Å². The second-order valence-electron chi connectivity index (χ2n) is 3.82. The summed E-state index contributed by atoms with van der Waals surface area (Å²) < 4.78 is 10.9. The van der Waals surface area contributed by atoms with E-state index >= 15 is 0 Å². The average molecular weight is 223 g/mol. The number of piperidine rings is 1. The third kappa shape index (κ3) is 4.53. The zero-order valence-electron chi connectivity index (χ0n) is 10.2. The molecule has 0 unspecified atom stereocenters. The Morgan fingerprint density at radius 1 is 1.31 bits per heavy atom. The Labute approximate surface area is 97.8 Å². The normalized spacial score (nSPS) is 19.4. The molecule has 1 aliphatic rings. The molecule has 0 atom stereocenters. The van der Waals surface area contributed by atoms with Crippen LogP contribution in [0.3, 0.4) is 0 Å². The molecule has 1 saturated heterocycles. The van der Waals surface area contributed by atoms with E-state index in [0.29, 0.717) is 6.10 Å². The lowest BCUT2D eigenvalue weighted by Gasteiger charge is -2.24. The van der Waals surface area contributed by atoms with E-state index in [2.05, 4.69) is 11.9 Å². The molecule has 90 valence electrons. The van der Waals surface area contributed by atoms with Crippen molar-refractivity contribution in [2.45, 2.75) is 25.9 Å². The van der Waals surface area contributed by atoms with Gasteiger partial charge in [0.1, 0.15) is 11.9 Å². The molecule has 0 bridgehead atoms. The van der Waals surface area contributed by atoms with Gasteiger partial charge in [0.25, 0.3) is 0 Å². The first-order chi connectivity index (χ1) is 7.76. The van der Waals surface area contributed by atoms with Gasteiger partial charge in [0.05, 0.1) is 12.9 Å². The first-order valence-electron chi connectivity index (χ1n) is 5.68. The van der Waals surface area contributed by atoms with Crippen LogP contribution in [-0.4, -0.2) is 26.3 Å². The summed E-state index contributed by atoms with van der Waals surface area (Å²) in [7, 11) is 1.65. The van der Waals surface area contributed by atoms with E-state index in [0.717, 1.165) is 37.4 Å². The van der Waals surface area contributed by atoms with Crippen LogP contribution < -0.4 is 5.32 Å². The molecule has 0 aromatic carbocycles. The molecule has 0 aromatic rings. The summed E-state index contributed by atoms with van der Waals surface area (Å²) in [4.78, 5) is 0. The maximum atomic E-state index is 5.84. The van der Waals surface area contributed by atoms with Gasteiger partial charge >= 0.3 is 0 Å². The summed E-state index contributed by atoms with van der Waals surface area (Å²) >= 11 is 0. The molecule has 1 heterocycles. The standard InChI is InChI=1S/C13H21NO2/c1-4-12(6-5-11(2)15-3)16-13-7-9-14-10-8-13/h4-6,13-14H,1,7-10H2,2-3H3/b11-5+,12-6+. The van der Waals surface area contributed by atoms with Gasteiger partial charge in [0.2, 0.25) is 0 Å². The second kappa shape index (κ2) is 7.12. The van der Waals surface area contributed by atoms with E-state index in [1.807, 2.05) is 19.1 Å². The van der Waals surface area contributed by atoms with E-state index in [1.54, 1.807) is 13.2 Å². The smallest absolute Gasteiger partial charge is 0.119 e. The van der Waals surface area contributed by atoms with Crippen molar-refractivity contribution >= 4 is 0 Å². The molecule has 0 aliphatic carbocycles. The van der Waals surface area contributed by atoms with E-state index in [9.17, 15) is 0 Å². The van der Waals surface area contributed by atoms with E-state index < -0.39 is 0 Å². The van der Waals surface area contributed by atoms with Gasteiger partial charge in [-0.25, -0.2) is 0 Å². The molecule has 0 radical (unpaired) electrons. The molecule has 0 saturated carbocycles. The topological polar surface area (TPSA) is 30.5 Å². The van der Waals surface area contributed by atoms with Gasteiger partial charge in [0, 0.05) is 0 Å². The first-order valence-corrected chi connectivity index (χ1v) is 5.68. The highest BCUT2D eigenvalue weighted by molar-refractivity contribution is 5.18. The highest BCUT2D eigenvalue weighted by atomic mass is 16.5. The fourth-order valence-corrected chi connectivity index (χ4v) is 1.53. The molecule has 0 aromatic heterocycles. The zero-order chi connectivity index (χ0) is 11.8. The van der Waals surface area contributed by atoms with Gasteiger partial charge in [-0.05, 0) is 51.1 Å². The van der Waals surface area contributed by atoms with Crippen LogP contribution in [-0.2, 0) is 9.47 Å². The highest BCUT2D eigenvalue weighted by Crippen LogP contribution is 2.13. The van der Waals surface area contributed by atoms with E-state index in [1.165, 1.54) is 0 Å². The molecule has 1 rings (SSSR count). The summed E-state index contributed by atoms with van der Waals surface area (Å²) in [5, 5.41) is 3.31. The van der Waals surface area contributed by atoms with Crippen LogP contribution in [0.1, 0.15) is 19.8 Å². The lowest BCUT2D eigenvalue weighted by Crippen LogP contribution is -2.32. The maximum absolute atomic E-state index is 5.84. The van der Waals surface area contributed by atoms with Crippen LogP contribution in [0.15, 0.2) is 36.3 Å². The first kappa shape index (κ1) is 12.8. The van der Waals surface area contributed by atoms with Gasteiger partial charge in [0.15, 0.2) is 0 Å². The molecular formula is C13H21NO2. The quantitative estimate of drug-likeness (QED) is 0.573. The van der Waals surface area contributed by atoms with Crippen LogP contribution in [0, 0.1) is 0 Å². The SMILES string of the molecule is C=C/C(=C\C=C(/C)OC)OC1CCNCC1. The molecule has 1 aliphatic heterocycles. The number of ether oxygens (including phenoxy) is 2. The predicted molar refractivity (Wildman–Crippen MR) is 66.0 cm³/mol. The minimum Gasteiger partial charge on any atom is -0.501 e. The number of hydrogen-bond donors (Lipinski definition) is 1. The van der Waals surface area contributed by atoms with Crippen molar-refractivity contribution in [3.8, 4) is 0 Å². The minimum absolute atomic E-state index is 0.307. The Bertz CT molecular complexity index is 276. The summed E-state index contributed by atoms with van der Waals surface area (Å²) in [6.07, 6.45) is 7.94. The van der Waals surface area contributed by atoms with Crippen molar-refractivity contribution in [2.75, 3.05) is 20.2 Å². The number of methoxy groups -OCH3 is 1. The molecule has 16 heavy (non-hydrogen) atoms. The largest absolute Gasteiger partial charge is 0.501 e. The van der Waals surface area contributed by atoms with Crippen molar-refractivity contribution in [3.63, 3.8) is 0 Å². The van der Waals surface area contributed by atoms with Crippen molar-refractivity contribution in [3.05, 3.63) is 36.3 Å². The number of allylic oxidation sites excluding steroid dienone is 4. The van der Waals surface area contributed by atoms with Crippen LogP contribution in [0.2, 0.25) is 0 Å². The van der Waals surface area contributed by atoms with Crippen LogP contribution in [0.4, 0.5) is 0 Å². The van der Waals surface area contributed by atoms with Gasteiger partial charge in [-0.2, -0.15) is 0 Å². The summed E-state index contributed by atoms with van der Waals surface area (Å²) in [6.45, 7) is 7.72. The van der Waals surface area contributed by atoms with Gasteiger partial charge in [-0.1, -0.05) is 6.58 Å². The lowest BCUT2D eigenvalue weighted by molar-refractivity contribution is 0.0960. The van der Waals surface area contributed by atoms with Crippen molar-refractivity contribution < 1.29 is 9.47 Å². The highest BCUT2D eigenvalue weighted by Gasteiger charge is 2.14. The lowest BCUT2D eigenvalue weighted by atomic mass is 10.1. The summed E-state index contributed by atoms with van der Waals surface area (Å²) in [5.74, 6) is 1.66. The molecule has 3 heteroatoms. The number of hydrogen-bond acceptors (Lipinski definition) is 3. The monoisotopic (exact) mass is 223 g/mol. The number of nitrogens with one attached hydrogen (secondary N) is 1. The van der Waals surface area contributed by atoms with Gasteiger partial charge in [-0.3, -0.25) is 0 Å². The third-order valence-electron chi connectivity index (χ3n) is 2.59. The minimum atomic E-state index is 0.307. The second-order valence-corrected chi connectivity index (χ2v) is 3.82. The Balaban J connectivity index is 2.50. The van der Waals surface area contributed by atoms with Crippen LogP contribution in [0.25, 0.3) is 0 Å². The van der Waals surface area contributed by atoms with Gasteiger partial charge in [-0.15, -0.1) is 0 Å². The zero-order valence-corrected chi connectivity index (χ0v) is 10.2. The number of rotatable bonds is 5. The van der Waals surface area contributed by atoms with Gasteiger partial charge < -0.3 is 14.8 Å². The molecule has 1 N–H and O–H groups in total. The van der Waals surface area contributed by atoms with Crippen molar-refractivity contribution in [1.82, 2.24) is 5.32 Å². The average Bonchev–Trinajstić information content (AvgIpc) is 2.35. The molecule has 0 spiro atoms. The summed E-state index contributed by atoms with van der Waals surface area (Å²) in [6, 6.07) is 0. The Morgan fingerprint density at radius 3 is 2.56 bits per heavy atom. The fraction of sp³-hybridized carbons (Fsp3) is 0.538. The van der Waals surface area contributed by atoms with Crippen molar-refractivity contribution in [1.29, 1.82) is 0 Å². The Hall–Kier alpha value is -1.22. The molecule has 3 nitrogen and oxygen atoms in total. The fourth-order valence-electron chi connectivity index (χ4n) is 1.53. The summed E-state index contributed by atoms with van der Waals surface area (Å²) in [5.41, 5.74) is 0. The Morgan fingerprint density at radius 2 is 2.00 bits per heavy atom. The molecular weight excluding hydrogens is 202 g/mol. The van der Waals surface area contributed by atoms with E-state index in [-0.39, 0.29) is 0 Å².